The van der Waals surface area contributed by atoms with Crippen molar-refractivity contribution >= 4 is 27.5 Å². The van der Waals surface area contributed by atoms with Crippen molar-refractivity contribution < 1.29 is 9.53 Å². The van der Waals surface area contributed by atoms with Gasteiger partial charge >= 0.3 is 0 Å². The van der Waals surface area contributed by atoms with Gasteiger partial charge < -0.3 is 15.8 Å². The maximum Gasteiger partial charge on any atom is 0.245 e. The lowest BCUT2D eigenvalue weighted by atomic mass is 9.68. The summed E-state index contributed by atoms with van der Waals surface area (Å²) in [4.78, 5) is 17.6. The van der Waals surface area contributed by atoms with Crippen molar-refractivity contribution in [3.8, 4) is 23.2 Å². The molecule has 0 radical (unpaired) electrons. The van der Waals surface area contributed by atoms with E-state index in [9.17, 15) is 10.1 Å². The molecule has 2 aliphatic heterocycles. The number of pyridine rings is 1. The van der Waals surface area contributed by atoms with E-state index in [0.29, 0.717) is 27.0 Å². The molecule has 1 aromatic carbocycles. The molecular formula is C20H13BrN6O2. The van der Waals surface area contributed by atoms with Gasteiger partial charge in [-0.3, -0.25) is 14.9 Å². The molecule has 0 bridgehead atoms. The second kappa shape index (κ2) is 5.93. The van der Waals surface area contributed by atoms with Gasteiger partial charge in [-0.25, -0.2) is 0 Å². The number of rotatable bonds is 1. The van der Waals surface area contributed by atoms with Crippen LogP contribution < -0.4 is 15.8 Å². The van der Waals surface area contributed by atoms with E-state index in [1.165, 1.54) is 0 Å². The van der Waals surface area contributed by atoms with Crippen molar-refractivity contribution in [1.82, 2.24) is 15.2 Å². The Kier molecular flexibility index (Phi) is 3.57. The summed E-state index contributed by atoms with van der Waals surface area (Å²) in [6.45, 7) is 1.92. The third kappa shape index (κ3) is 2.09. The number of anilines is 1. The van der Waals surface area contributed by atoms with Crippen molar-refractivity contribution in [2.24, 2.45) is 5.73 Å². The van der Waals surface area contributed by atoms with Gasteiger partial charge in [-0.05, 0) is 30.7 Å². The molecule has 4 heterocycles. The summed E-state index contributed by atoms with van der Waals surface area (Å²) in [6, 6.07) is 9.38. The smallest absolute Gasteiger partial charge is 0.245 e. The molecule has 8 nitrogen and oxygen atoms in total. The molecule has 3 aromatic rings. The fourth-order valence-corrected chi connectivity index (χ4v) is 4.68. The fraction of sp³-hybridized carbons (Fsp3) is 0.100. The van der Waals surface area contributed by atoms with Crippen molar-refractivity contribution in [2.45, 2.75) is 12.3 Å². The number of ether oxygens (including phenoxy) is 1. The number of benzene rings is 1. The number of aromatic amines is 1. The van der Waals surface area contributed by atoms with Gasteiger partial charge in [0.25, 0.3) is 0 Å². The summed E-state index contributed by atoms with van der Waals surface area (Å²) < 4.78 is 6.35. The van der Waals surface area contributed by atoms with E-state index in [1.807, 2.05) is 19.1 Å². The Morgan fingerprint density at radius 2 is 2.00 bits per heavy atom. The monoisotopic (exact) mass is 448 g/mol. The molecule has 5 rings (SSSR count). The summed E-state index contributed by atoms with van der Waals surface area (Å²) in [5.74, 6) is -0.381. The van der Waals surface area contributed by atoms with Gasteiger partial charge in [-0.2, -0.15) is 5.26 Å². The summed E-state index contributed by atoms with van der Waals surface area (Å²) in [6.07, 6.45) is 3.27. The highest BCUT2D eigenvalue weighted by molar-refractivity contribution is 9.10. The summed E-state index contributed by atoms with van der Waals surface area (Å²) in [5, 5.41) is 20.1. The van der Waals surface area contributed by atoms with E-state index >= 15 is 0 Å². The van der Waals surface area contributed by atoms with Crippen LogP contribution >= 0.6 is 15.9 Å². The Bertz CT molecular complexity index is 1270. The fourth-order valence-electron chi connectivity index (χ4n) is 4.04. The molecule has 0 saturated heterocycles. The second-order valence-electron chi connectivity index (χ2n) is 6.79. The molecule has 142 valence electrons. The van der Waals surface area contributed by atoms with E-state index < -0.39 is 5.41 Å². The number of halogens is 1. The van der Waals surface area contributed by atoms with Crippen LogP contribution in [0.2, 0.25) is 0 Å². The normalized spacial score (nSPS) is 19.4. The number of carbonyl (C=O) groups is 1. The van der Waals surface area contributed by atoms with Gasteiger partial charge in [-0.1, -0.05) is 22.0 Å². The van der Waals surface area contributed by atoms with Crippen LogP contribution in [0.1, 0.15) is 16.7 Å². The number of fused-ring (bicyclic) bond motifs is 4. The van der Waals surface area contributed by atoms with Crippen molar-refractivity contribution in [3.05, 3.63) is 69.3 Å². The second-order valence-corrected chi connectivity index (χ2v) is 7.58. The van der Waals surface area contributed by atoms with Crippen LogP contribution in [0.5, 0.6) is 5.88 Å². The van der Waals surface area contributed by atoms with Gasteiger partial charge in [0.2, 0.25) is 17.7 Å². The molecule has 1 spiro atoms. The zero-order valence-electron chi connectivity index (χ0n) is 15.1. The topological polar surface area (TPSA) is 130 Å². The van der Waals surface area contributed by atoms with E-state index in [2.05, 4.69) is 42.5 Å². The van der Waals surface area contributed by atoms with Crippen molar-refractivity contribution in [3.63, 3.8) is 0 Å². The minimum Gasteiger partial charge on any atom is -0.420 e. The van der Waals surface area contributed by atoms with Crippen LogP contribution in [0.25, 0.3) is 11.3 Å². The van der Waals surface area contributed by atoms with Crippen LogP contribution in [-0.4, -0.2) is 21.1 Å². The van der Waals surface area contributed by atoms with Gasteiger partial charge in [0.05, 0.1) is 11.3 Å². The average Bonchev–Trinajstić information content (AvgIpc) is 3.26. The molecule has 0 aliphatic carbocycles. The first-order valence-electron chi connectivity index (χ1n) is 8.68. The number of aryl methyl sites for hydroxylation is 1. The lowest BCUT2D eigenvalue weighted by Gasteiger charge is -2.32. The zero-order chi connectivity index (χ0) is 20.3. The molecule has 0 saturated carbocycles. The number of H-pyrrole nitrogens is 1. The zero-order valence-corrected chi connectivity index (χ0v) is 16.7. The number of nitriles is 1. The van der Waals surface area contributed by atoms with Crippen LogP contribution in [0.3, 0.4) is 0 Å². The van der Waals surface area contributed by atoms with E-state index in [-0.39, 0.29) is 23.2 Å². The average molecular weight is 449 g/mol. The largest absolute Gasteiger partial charge is 0.420 e. The van der Waals surface area contributed by atoms with Crippen LogP contribution in [-0.2, 0) is 10.2 Å². The van der Waals surface area contributed by atoms with Gasteiger partial charge in [0.15, 0.2) is 0 Å². The number of carbonyl (C=O) groups excluding carboxylic acids is 1. The van der Waals surface area contributed by atoms with Crippen molar-refractivity contribution in [2.75, 3.05) is 5.32 Å². The Hall–Kier alpha value is -3.64. The van der Waals surface area contributed by atoms with Gasteiger partial charge in [0, 0.05) is 33.7 Å². The predicted octanol–water partition coefficient (Wildman–Crippen LogP) is 2.87. The number of nitrogens with one attached hydrogen (secondary N) is 2. The first kappa shape index (κ1) is 17.5. The Labute approximate surface area is 173 Å². The predicted molar refractivity (Wildman–Crippen MR) is 108 cm³/mol. The number of nitrogens with zero attached hydrogens (tertiary/aromatic N) is 3. The maximum absolute atomic E-state index is 13.5. The molecule has 1 amide bonds. The number of hydrogen-bond acceptors (Lipinski definition) is 6. The highest BCUT2D eigenvalue weighted by atomic mass is 79.9. The van der Waals surface area contributed by atoms with E-state index in [0.717, 1.165) is 11.1 Å². The standard InChI is InChI=1S/C20H13BrN6O2/c1-9-2-3-12-13(15(9)21)20(19(28)25-12)11(8-22)17(23)29-18-14(20)16(26-27-18)10-4-6-24-7-5-10/h2-7H,23H2,1H3,(H,25,28)(H,26,27). The number of nitrogens with two attached hydrogens (primary N) is 1. The minimum absolute atomic E-state index is 0.0178. The lowest BCUT2D eigenvalue weighted by Crippen LogP contribution is -2.42. The van der Waals surface area contributed by atoms with Gasteiger partial charge in [0.1, 0.15) is 17.1 Å². The lowest BCUT2D eigenvalue weighted by molar-refractivity contribution is -0.118. The first-order valence-corrected chi connectivity index (χ1v) is 9.47. The SMILES string of the molecule is Cc1ccc2c(c1Br)C1(C(=O)N2)C(C#N)=C(N)Oc2n[nH]c(-c3ccncc3)c21. The number of hydrogen-bond donors (Lipinski definition) is 3. The third-order valence-electron chi connectivity index (χ3n) is 5.32. The van der Waals surface area contributed by atoms with E-state index in [1.54, 1.807) is 24.5 Å². The van der Waals surface area contributed by atoms with Gasteiger partial charge in [-0.15, -0.1) is 5.10 Å². The van der Waals surface area contributed by atoms with E-state index in [4.69, 9.17) is 10.5 Å². The maximum atomic E-state index is 13.5. The molecule has 4 N–H and O–H groups in total. The van der Waals surface area contributed by atoms with Crippen molar-refractivity contribution in [1.29, 1.82) is 5.26 Å². The number of aromatic nitrogens is 3. The summed E-state index contributed by atoms with van der Waals surface area (Å²) in [5.41, 5.74) is 8.48. The van der Waals surface area contributed by atoms with Crippen LogP contribution in [0, 0.1) is 18.3 Å². The minimum atomic E-state index is -1.50. The quantitative estimate of drug-likeness (QED) is 0.524. The first-order chi connectivity index (χ1) is 14.0. The molecular weight excluding hydrogens is 436 g/mol. The third-order valence-corrected chi connectivity index (χ3v) is 6.34. The Morgan fingerprint density at radius 1 is 1.24 bits per heavy atom. The summed E-state index contributed by atoms with van der Waals surface area (Å²) in [7, 11) is 0. The summed E-state index contributed by atoms with van der Waals surface area (Å²) >= 11 is 3.62. The molecule has 1 unspecified atom stereocenters. The Morgan fingerprint density at radius 3 is 2.72 bits per heavy atom. The highest BCUT2D eigenvalue weighted by Gasteiger charge is 2.59. The molecule has 2 aromatic heterocycles. The Balaban J connectivity index is 1.95. The number of amides is 1. The van der Waals surface area contributed by atoms with Crippen LogP contribution in [0.4, 0.5) is 5.69 Å². The molecule has 1 atom stereocenters. The molecule has 0 fully saturated rings. The molecule has 29 heavy (non-hydrogen) atoms. The molecule has 9 heteroatoms. The highest BCUT2D eigenvalue weighted by Crippen LogP contribution is 2.57. The molecule has 2 aliphatic rings. The van der Waals surface area contributed by atoms with Crippen LogP contribution in [0.15, 0.2) is 52.6 Å².